The van der Waals surface area contributed by atoms with Gasteiger partial charge < -0.3 is 29.5 Å². The average molecular weight is 358 g/mol. The van der Waals surface area contributed by atoms with Gasteiger partial charge in [-0.3, -0.25) is 0 Å². The lowest BCUT2D eigenvalue weighted by atomic mass is 9.66. The van der Waals surface area contributed by atoms with Crippen LogP contribution in [0.5, 0.6) is 23.0 Å². The van der Waals surface area contributed by atoms with Crippen LogP contribution < -0.4 is 9.47 Å². The standard InChI is InChI=1S/C20H22O6/c1-24-17-5-10(3-4-15(17)21)19-11-6-16(22)18(25-2)7-12(11)20(23)14-9-26-8-13(14)19/h3-7,13-14,19-23H,8-9H2,1-2H3/t13-,14+,19-,20+/m0/s1. The highest BCUT2D eigenvalue weighted by atomic mass is 16.5. The molecule has 6 nitrogen and oxygen atoms in total. The first-order valence-electron chi connectivity index (χ1n) is 8.58. The summed E-state index contributed by atoms with van der Waals surface area (Å²) in [6.45, 7) is 1.02. The number of rotatable bonds is 3. The van der Waals surface area contributed by atoms with E-state index in [9.17, 15) is 15.3 Å². The minimum absolute atomic E-state index is 0.0339. The van der Waals surface area contributed by atoms with Crippen LogP contribution in [0.15, 0.2) is 30.3 Å². The van der Waals surface area contributed by atoms with Gasteiger partial charge in [-0.2, -0.15) is 0 Å². The number of aliphatic hydroxyl groups excluding tert-OH is 1. The van der Waals surface area contributed by atoms with Gasteiger partial charge in [0.2, 0.25) is 0 Å². The molecular formula is C20H22O6. The molecule has 2 aliphatic rings. The molecule has 0 spiro atoms. The van der Waals surface area contributed by atoms with Crippen LogP contribution in [0.1, 0.15) is 28.7 Å². The SMILES string of the molecule is COc1cc([C@H]2c3cc(O)c(OC)cc3[C@@H](O)[C@@H]3COC[C@H]23)ccc1O. The van der Waals surface area contributed by atoms with E-state index in [1.165, 1.54) is 14.2 Å². The largest absolute Gasteiger partial charge is 0.504 e. The number of hydrogen-bond acceptors (Lipinski definition) is 6. The number of phenolic OH excluding ortho intramolecular Hbond substituents is 2. The molecule has 1 heterocycles. The van der Waals surface area contributed by atoms with Gasteiger partial charge in [0.05, 0.1) is 33.5 Å². The van der Waals surface area contributed by atoms with Gasteiger partial charge in [0, 0.05) is 17.8 Å². The van der Waals surface area contributed by atoms with Crippen molar-refractivity contribution >= 4 is 0 Å². The first-order valence-corrected chi connectivity index (χ1v) is 8.58. The van der Waals surface area contributed by atoms with Crippen LogP contribution in [0.2, 0.25) is 0 Å². The van der Waals surface area contributed by atoms with E-state index in [1.54, 1.807) is 24.3 Å². The van der Waals surface area contributed by atoms with Gasteiger partial charge in [0.25, 0.3) is 0 Å². The molecule has 1 saturated heterocycles. The summed E-state index contributed by atoms with van der Waals surface area (Å²) in [6, 6.07) is 8.62. The summed E-state index contributed by atoms with van der Waals surface area (Å²) in [6.07, 6.45) is -0.678. The van der Waals surface area contributed by atoms with Crippen molar-refractivity contribution in [3.8, 4) is 23.0 Å². The van der Waals surface area contributed by atoms with Gasteiger partial charge in [-0.1, -0.05) is 6.07 Å². The van der Waals surface area contributed by atoms with E-state index in [0.717, 1.165) is 16.7 Å². The van der Waals surface area contributed by atoms with Gasteiger partial charge in [-0.25, -0.2) is 0 Å². The fraction of sp³-hybridized carbons (Fsp3) is 0.400. The van der Waals surface area contributed by atoms with Gasteiger partial charge >= 0.3 is 0 Å². The third kappa shape index (κ3) is 2.48. The van der Waals surface area contributed by atoms with Crippen molar-refractivity contribution in [1.82, 2.24) is 0 Å². The van der Waals surface area contributed by atoms with Gasteiger partial charge in [-0.05, 0) is 41.0 Å². The van der Waals surface area contributed by atoms with Crippen molar-refractivity contribution in [2.45, 2.75) is 12.0 Å². The first kappa shape index (κ1) is 17.0. The second-order valence-electron chi connectivity index (χ2n) is 6.87. The quantitative estimate of drug-likeness (QED) is 0.782. The number of benzene rings is 2. The molecule has 0 amide bonds. The molecule has 0 bridgehead atoms. The predicted octanol–water partition coefficient (Wildman–Crippen LogP) is 2.56. The summed E-state index contributed by atoms with van der Waals surface area (Å²) >= 11 is 0. The molecule has 1 fully saturated rings. The van der Waals surface area contributed by atoms with Crippen LogP contribution in [-0.4, -0.2) is 42.8 Å². The number of ether oxygens (including phenoxy) is 3. The maximum Gasteiger partial charge on any atom is 0.160 e. The molecular weight excluding hydrogens is 336 g/mol. The fourth-order valence-electron chi connectivity index (χ4n) is 4.32. The number of aliphatic hydroxyl groups is 1. The molecule has 3 N–H and O–H groups in total. The Kier molecular flexibility index (Phi) is 4.17. The first-order chi connectivity index (χ1) is 12.5. The van der Waals surface area contributed by atoms with E-state index in [2.05, 4.69) is 0 Å². The Morgan fingerprint density at radius 3 is 2.31 bits per heavy atom. The highest BCUT2D eigenvalue weighted by Gasteiger charge is 2.46. The molecule has 26 heavy (non-hydrogen) atoms. The van der Waals surface area contributed by atoms with Crippen LogP contribution in [0.3, 0.4) is 0 Å². The van der Waals surface area contributed by atoms with Crippen LogP contribution >= 0.6 is 0 Å². The fourth-order valence-corrected chi connectivity index (χ4v) is 4.32. The molecule has 138 valence electrons. The molecule has 0 radical (unpaired) electrons. The molecule has 0 aromatic heterocycles. The lowest BCUT2D eigenvalue weighted by Gasteiger charge is -2.38. The molecule has 4 rings (SSSR count). The lowest BCUT2D eigenvalue weighted by molar-refractivity contribution is 0.0685. The average Bonchev–Trinajstić information content (AvgIpc) is 3.12. The Morgan fingerprint density at radius 2 is 1.58 bits per heavy atom. The Bertz CT molecular complexity index is 833. The number of aromatic hydroxyl groups is 2. The molecule has 0 saturated carbocycles. The maximum atomic E-state index is 10.9. The Morgan fingerprint density at radius 1 is 0.885 bits per heavy atom. The lowest BCUT2D eigenvalue weighted by Crippen LogP contribution is -2.33. The number of phenols is 2. The molecule has 1 aliphatic carbocycles. The minimum Gasteiger partial charge on any atom is -0.504 e. The van der Waals surface area contributed by atoms with Crippen LogP contribution in [0.4, 0.5) is 0 Å². The maximum absolute atomic E-state index is 10.9. The smallest absolute Gasteiger partial charge is 0.160 e. The van der Waals surface area contributed by atoms with E-state index in [-0.39, 0.29) is 29.3 Å². The predicted molar refractivity (Wildman–Crippen MR) is 93.9 cm³/mol. The van der Waals surface area contributed by atoms with E-state index in [0.29, 0.717) is 24.7 Å². The Balaban J connectivity index is 1.91. The molecule has 2 aromatic carbocycles. The zero-order chi connectivity index (χ0) is 18.4. The number of hydrogen-bond donors (Lipinski definition) is 3. The van der Waals surface area contributed by atoms with E-state index >= 15 is 0 Å². The van der Waals surface area contributed by atoms with Crippen molar-refractivity contribution in [1.29, 1.82) is 0 Å². The third-order valence-corrected chi connectivity index (χ3v) is 5.61. The van der Waals surface area contributed by atoms with Crippen molar-refractivity contribution in [2.75, 3.05) is 27.4 Å². The second-order valence-corrected chi connectivity index (χ2v) is 6.87. The van der Waals surface area contributed by atoms with E-state index in [1.807, 2.05) is 6.07 Å². The summed E-state index contributed by atoms with van der Waals surface area (Å²) in [5, 5.41) is 31.1. The van der Waals surface area contributed by atoms with Crippen LogP contribution in [0.25, 0.3) is 0 Å². The minimum atomic E-state index is -0.678. The van der Waals surface area contributed by atoms with Crippen LogP contribution in [-0.2, 0) is 4.74 Å². The number of fused-ring (bicyclic) bond motifs is 2. The molecule has 0 unspecified atom stereocenters. The summed E-state index contributed by atoms with van der Waals surface area (Å²) in [7, 11) is 3.00. The van der Waals surface area contributed by atoms with Crippen molar-refractivity contribution in [3.05, 3.63) is 47.0 Å². The molecule has 6 heteroatoms. The van der Waals surface area contributed by atoms with Gasteiger partial charge in [-0.15, -0.1) is 0 Å². The number of methoxy groups -OCH3 is 2. The summed E-state index contributed by atoms with van der Waals surface area (Å²) < 4.78 is 16.2. The highest BCUT2D eigenvalue weighted by molar-refractivity contribution is 5.54. The van der Waals surface area contributed by atoms with Crippen molar-refractivity contribution in [3.63, 3.8) is 0 Å². The van der Waals surface area contributed by atoms with Crippen molar-refractivity contribution in [2.24, 2.45) is 11.8 Å². The summed E-state index contributed by atoms with van der Waals surface area (Å²) in [5.41, 5.74) is 2.52. The van der Waals surface area contributed by atoms with Gasteiger partial charge in [0.1, 0.15) is 0 Å². The third-order valence-electron chi connectivity index (χ3n) is 5.61. The van der Waals surface area contributed by atoms with Crippen LogP contribution in [0, 0.1) is 11.8 Å². The Hall–Kier alpha value is -2.44. The zero-order valence-corrected chi connectivity index (χ0v) is 14.7. The van der Waals surface area contributed by atoms with E-state index in [4.69, 9.17) is 14.2 Å². The second kappa shape index (κ2) is 6.37. The van der Waals surface area contributed by atoms with E-state index < -0.39 is 6.10 Å². The Labute approximate surface area is 151 Å². The zero-order valence-electron chi connectivity index (χ0n) is 14.7. The molecule has 4 atom stereocenters. The monoisotopic (exact) mass is 358 g/mol. The highest BCUT2D eigenvalue weighted by Crippen LogP contribution is 2.53. The normalized spacial score (nSPS) is 26.9. The summed E-state index contributed by atoms with van der Waals surface area (Å²) in [4.78, 5) is 0. The topological polar surface area (TPSA) is 88.4 Å². The molecule has 2 aromatic rings. The molecule has 1 aliphatic heterocycles. The van der Waals surface area contributed by atoms with Gasteiger partial charge in [0.15, 0.2) is 23.0 Å². The van der Waals surface area contributed by atoms with Crippen molar-refractivity contribution < 1.29 is 29.5 Å². The summed E-state index contributed by atoms with van der Waals surface area (Å²) in [5.74, 6) is 0.773.